The van der Waals surface area contributed by atoms with Crippen LogP contribution in [0.25, 0.3) is 11.3 Å². The molecule has 32 heavy (non-hydrogen) atoms. The number of nitrogens with zero attached hydrogens (tertiary/aromatic N) is 4. The fourth-order valence-electron chi connectivity index (χ4n) is 4.00. The van der Waals surface area contributed by atoms with E-state index in [2.05, 4.69) is 54.1 Å². The Kier molecular flexibility index (Phi) is 6.69. The van der Waals surface area contributed by atoms with Crippen molar-refractivity contribution >= 4 is 11.7 Å². The molecule has 2 heterocycles. The first-order valence-electron chi connectivity index (χ1n) is 11.2. The molecule has 6 nitrogen and oxygen atoms in total. The molecule has 3 aromatic rings. The first-order valence-corrected chi connectivity index (χ1v) is 11.2. The lowest BCUT2D eigenvalue weighted by Gasteiger charge is -2.35. The highest BCUT2D eigenvalue weighted by atomic mass is 16.5. The maximum absolute atomic E-state index is 12.7. The number of anilines is 1. The minimum absolute atomic E-state index is 0.0178. The molecule has 2 aromatic carbocycles. The number of para-hydroxylation sites is 1. The molecule has 1 saturated heterocycles. The van der Waals surface area contributed by atoms with Crippen LogP contribution in [0.3, 0.4) is 0 Å². The number of hydrogen-bond acceptors (Lipinski definition) is 5. The maximum Gasteiger partial charge on any atom is 0.260 e. The number of carbonyl (C=O) groups excluding carboxylic acids is 1. The van der Waals surface area contributed by atoms with Crippen LogP contribution in [0.5, 0.6) is 5.75 Å². The molecule has 1 fully saturated rings. The van der Waals surface area contributed by atoms with Gasteiger partial charge in [-0.1, -0.05) is 56.3 Å². The third-order valence-electron chi connectivity index (χ3n) is 5.92. The molecule has 0 saturated carbocycles. The smallest absolute Gasteiger partial charge is 0.260 e. The van der Waals surface area contributed by atoms with Gasteiger partial charge < -0.3 is 14.5 Å². The minimum Gasteiger partial charge on any atom is -0.483 e. The molecule has 1 aromatic heterocycles. The average molecular weight is 431 g/mol. The predicted molar refractivity (Wildman–Crippen MR) is 127 cm³/mol. The molecule has 0 aliphatic carbocycles. The van der Waals surface area contributed by atoms with E-state index >= 15 is 0 Å². The van der Waals surface area contributed by atoms with Gasteiger partial charge in [-0.3, -0.25) is 4.79 Å². The number of benzene rings is 2. The zero-order valence-electron chi connectivity index (χ0n) is 19.0. The number of aromatic nitrogens is 2. The van der Waals surface area contributed by atoms with Crippen LogP contribution in [0, 0.1) is 6.92 Å². The van der Waals surface area contributed by atoms with Crippen molar-refractivity contribution in [3.63, 3.8) is 0 Å². The van der Waals surface area contributed by atoms with Crippen molar-refractivity contribution < 1.29 is 9.53 Å². The summed E-state index contributed by atoms with van der Waals surface area (Å²) in [6.07, 6.45) is 0. The Morgan fingerprint density at radius 1 is 0.938 bits per heavy atom. The van der Waals surface area contributed by atoms with Gasteiger partial charge in [-0.05, 0) is 42.2 Å². The van der Waals surface area contributed by atoms with Gasteiger partial charge in [-0.15, -0.1) is 10.2 Å². The first kappa shape index (κ1) is 21.8. The van der Waals surface area contributed by atoms with Crippen molar-refractivity contribution in [1.29, 1.82) is 0 Å². The van der Waals surface area contributed by atoms with Crippen LogP contribution in [0.4, 0.5) is 5.82 Å². The SMILES string of the molecule is Cc1ccccc1-c1ccc(N2CCN(C(=O)COc3ccccc3C(C)C)CC2)nn1. The molecule has 6 heteroatoms. The van der Waals surface area contributed by atoms with E-state index in [4.69, 9.17) is 4.74 Å². The summed E-state index contributed by atoms with van der Waals surface area (Å²) in [7, 11) is 0. The van der Waals surface area contributed by atoms with Crippen LogP contribution in [0.15, 0.2) is 60.7 Å². The maximum atomic E-state index is 12.7. The molecule has 0 spiro atoms. The highest BCUT2D eigenvalue weighted by Gasteiger charge is 2.23. The van der Waals surface area contributed by atoms with E-state index in [-0.39, 0.29) is 12.5 Å². The Bertz CT molecular complexity index is 1060. The first-order chi connectivity index (χ1) is 15.5. The summed E-state index contributed by atoms with van der Waals surface area (Å²) in [6.45, 7) is 9.14. The summed E-state index contributed by atoms with van der Waals surface area (Å²) in [4.78, 5) is 16.7. The summed E-state index contributed by atoms with van der Waals surface area (Å²) in [5, 5.41) is 8.87. The standard InChI is InChI=1S/C26H30N4O2/c1-19(2)21-9-6-7-11-24(21)32-18-26(31)30-16-14-29(15-17-30)25-13-12-23(27-28-25)22-10-5-4-8-20(22)3/h4-13,19H,14-18H2,1-3H3. The van der Waals surface area contributed by atoms with E-state index in [1.165, 1.54) is 5.56 Å². The van der Waals surface area contributed by atoms with Crippen molar-refractivity contribution in [3.8, 4) is 17.0 Å². The van der Waals surface area contributed by atoms with E-state index < -0.39 is 0 Å². The van der Waals surface area contributed by atoms with Crippen molar-refractivity contribution in [2.45, 2.75) is 26.7 Å². The van der Waals surface area contributed by atoms with E-state index in [9.17, 15) is 4.79 Å². The number of ether oxygens (including phenoxy) is 1. The Labute approximate surface area is 189 Å². The number of hydrogen-bond donors (Lipinski definition) is 0. The van der Waals surface area contributed by atoms with Crippen LogP contribution < -0.4 is 9.64 Å². The van der Waals surface area contributed by atoms with E-state index in [1.54, 1.807) is 0 Å². The molecule has 0 unspecified atom stereocenters. The second-order valence-electron chi connectivity index (χ2n) is 8.44. The highest BCUT2D eigenvalue weighted by Crippen LogP contribution is 2.26. The molecule has 0 bridgehead atoms. The van der Waals surface area contributed by atoms with E-state index in [0.29, 0.717) is 19.0 Å². The molecule has 166 valence electrons. The lowest BCUT2D eigenvalue weighted by molar-refractivity contribution is -0.133. The summed E-state index contributed by atoms with van der Waals surface area (Å²) in [5.74, 6) is 2.00. The van der Waals surface area contributed by atoms with Gasteiger partial charge in [0, 0.05) is 31.7 Å². The summed E-state index contributed by atoms with van der Waals surface area (Å²) < 4.78 is 5.86. The molecule has 0 N–H and O–H groups in total. The molecule has 0 radical (unpaired) electrons. The molecule has 4 rings (SSSR count). The quantitative estimate of drug-likeness (QED) is 0.583. The van der Waals surface area contributed by atoms with Gasteiger partial charge in [0.1, 0.15) is 5.75 Å². The van der Waals surface area contributed by atoms with Crippen LogP contribution in [0.1, 0.15) is 30.9 Å². The third-order valence-corrected chi connectivity index (χ3v) is 5.92. The van der Waals surface area contributed by atoms with Crippen molar-refractivity contribution in [2.75, 3.05) is 37.7 Å². The fraction of sp³-hybridized carbons (Fsp3) is 0.346. The average Bonchev–Trinajstić information content (AvgIpc) is 2.83. The van der Waals surface area contributed by atoms with E-state index in [0.717, 1.165) is 41.5 Å². The van der Waals surface area contributed by atoms with E-state index in [1.807, 2.05) is 47.4 Å². The van der Waals surface area contributed by atoms with Crippen LogP contribution in [0.2, 0.25) is 0 Å². The molecular formula is C26H30N4O2. The van der Waals surface area contributed by atoms with Gasteiger partial charge in [0.15, 0.2) is 12.4 Å². The Hall–Kier alpha value is -3.41. The summed E-state index contributed by atoms with van der Waals surface area (Å²) in [6, 6.07) is 20.1. The van der Waals surface area contributed by atoms with Crippen molar-refractivity contribution in [2.24, 2.45) is 0 Å². The second-order valence-corrected chi connectivity index (χ2v) is 8.44. The van der Waals surface area contributed by atoms with Crippen LogP contribution >= 0.6 is 0 Å². The van der Waals surface area contributed by atoms with Gasteiger partial charge in [-0.2, -0.15) is 0 Å². The zero-order chi connectivity index (χ0) is 22.5. The Morgan fingerprint density at radius 2 is 1.66 bits per heavy atom. The van der Waals surface area contributed by atoms with Gasteiger partial charge in [0.25, 0.3) is 5.91 Å². The number of carbonyl (C=O) groups is 1. The number of aryl methyl sites for hydroxylation is 1. The lowest BCUT2D eigenvalue weighted by atomic mass is 10.0. The van der Waals surface area contributed by atoms with Gasteiger partial charge in [0.05, 0.1) is 5.69 Å². The number of piperazine rings is 1. The topological polar surface area (TPSA) is 58.6 Å². The highest BCUT2D eigenvalue weighted by molar-refractivity contribution is 5.78. The summed E-state index contributed by atoms with van der Waals surface area (Å²) in [5.41, 5.74) is 4.28. The minimum atomic E-state index is 0.0178. The predicted octanol–water partition coefficient (Wildman–Crippen LogP) is 4.30. The molecule has 0 atom stereocenters. The van der Waals surface area contributed by atoms with Crippen LogP contribution in [-0.4, -0.2) is 53.8 Å². The van der Waals surface area contributed by atoms with Crippen molar-refractivity contribution in [1.82, 2.24) is 15.1 Å². The van der Waals surface area contributed by atoms with Gasteiger partial charge in [0.2, 0.25) is 0 Å². The molecular weight excluding hydrogens is 400 g/mol. The van der Waals surface area contributed by atoms with Crippen LogP contribution in [-0.2, 0) is 4.79 Å². The molecule has 1 aliphatic rings. The summed E-state index contributed by atoms with van der Waals surface area (Å²) >= 11 is 0. The van der Waals surface area contributed by atoms with Gasteiger partial charge in [-0.25, -0.2) is 0 Å². The number of rotatable bonds is 6. The second kappa shape index (κ2) is 9.81. The lowest BCUT2D eigenvalue weighted by Crippen LogP contribution is -2.50. The van der Waals surface area contributed by atoms with Gasteiger partial charge >= 0.3 is 0 Å². The number of amides is 1. The van der Waals surface area contributed by atoms with Crippen molar-refractivity contribution in [3.05, 3.63) is 71.8 Å². The third kappa shape index (κ3) is 4.90. The zero-order valence-corrected chi connectivity index (χ0v) is 19.0. The molecule has 1 aliphatic heterocycles. The monoisotopic (exact) mass is 430 g/mol. The fourth-order valence-corrected chi connectivity index (χ4v) is 4.00. The largest absolute Gasteiger partial charge is 0.483 e. The normalized spacial score (nSPS) is 14.0. The Balaban J connectivity index is 1.31. The molecule has 1 amide bonds. The Morgan fingerprint density at radius 3 is 2.34 bits per heavy atom.